The van der Waals surface area contributed by atoms with Crippen molar-refractivity contribution in [2.45, 2.75) is 25.2 Å². The van der Waals surface area contributed by atoms with Crippen LogP contribution < -0.4 is 4.74 Å². The monoisotopic (exact) mass is 270 g/mol. The number of hydrogen-bond acceptors (Lipinski definition) is 3. The first kappa shape index (κ1) is 13.0. The molecule has 5 heteroatoms. The van der Waals surface area contributed by atoms with Gasteiger partial charge in [-0.1, -0.05) is 11.6 Å². The maximum absolute atomic E-state index is 10.9. The van der Waals surface area contributed by atoms with Gasteiger partial charge in [-0.2, -0.15) is 0 Å². The summed E-state index contributed by atoms with van der Waals surface area (Å²) >= 11 is 5.97. The molecule has 1 atom stereocenters. The molecule has 0 radical (unpaired) electrons. The lowest BCUT2D eigenvalue weighted by Gasteiger charge is -2.18. The van der Waals surface area contributed by atoms with Gasteiger partial charge in [0.05, 0.1) is 13.5 Å². The van der Waals surface area contributed by atoms with E-state index in [-0.39, 0.29) is 23.8 Å². The second-order valence-electron chi connectivity index (χ2n) is 4.59. The number of phenols is 1. The summed E-state index contributed by atoms with van der Waals surface area (Å²) in [6.07, 6.45) is 1.99. The number of ether oxygens (including phenoxy) is 1. The maximum atomic E-state index is 10.9. The third-order valence-electron chi connectivity index (χ3n) is 3.27. The van der Waals surface area contributed by atoms with Crippen LogP contribution in [0.1, 0.15) is 30.7 Å². The largest absolute Gasteiger partial charge is 0.504 e. The molecule has 0 bridgehead atoms. The molecule has 1 aromatic carbocycles. The molecule has 0 amide bonds. The van der Waals surface area contributed by atoms with Crippen molar-refractivity contribution in [1.29, 1.82) is 0 Å². The zero-order valence-corrected chi connectivity index (χ0v) is 10.8. The summed E-state index contributed by atoms with van der Waals surface area (Å²) in [7, 11) is 1.44. The quantitative estimate of drug-likeness (QED) is 0.863. The average Bonchev–Trinajstić information content (AvgIpc) is 3.12. The van der Waals surface area contributed by atoms with Gasteiger partial charge in [0.1, 0.15) is 0 Å². The van der Waals surface area contributed by atoms with Crippen molar-refractivity contribution in [2.75, 3.05) is 7.11 Å². The normalized spacial score (nSPS) is 16.3. The van der Waals surface area contributed by atoms with E-state index in [2.05, 4.69) is 0 Å². The van der Waals surface area contributed by atoms with Crippen LogP contribution in [-0.4, -0.2) is 23.3 Å². The lowest BCUT2D eigenvalue weighted by Crippen LogP contribution is -2.09. The molecular weight excluding hydrogens is 256 g/mol. The predicted molar refractivity (Wildman–Crippen MR) is 67.4 cm³/mol. The Morgan fingerprint density at radius 2 is 2.22 bits per heavy atom. The van der Waals surface area contributed by atoms with Crippen molar-refractivity contribution in [3.63, 3.8) is 0 Å². The van der Waals surface area contributed by atoms with Crippen molar-refractivity contribution in [1.82, 2.24) is 0 Å². The first-order valence-corrected chi connectivity index (χ1v) is 6.19. The Balaban J connectivity index is 2.40. The smallest absolute Gasteiger partial charge is 0.303 e. The van der Waals surface area contributed by atoms with Crippen LogP contribution in [0.2, 0.25) is 5.02 Å². The molecule has 2 N–H and O–H groups in total. The van der Waals surface area contributed by atoms with Crippen LogP contribution in [0.15, 0.2) is 12.1 Å². The van der Waals surface area contributed by atoms with Crippen molar-refractivity contribution in [3.8, 4) is 11.5 Å². The molecular formula is C13H15ClO4. The molecule has 0 saturated heterocycles. The molecule has 1 aromatic rings. The highest BCUT2D eigenvalue weighted by molar-refractivity contribution is 6.30. The highest BCUT2D eigenvalue weighted by atomic mass is 35.5. The van der Waals surface area contributed by atoms with Crippen molar-refractivity contribution in [2.24, 2.45) is 5.92 Å². The van der Waals surface area contributed by atoms with Crippen molar-refractivity contribution >= 4 is 17.6 Å². The molecule has 1 fully saturated rings. The lowest BCUT2D eigenvalue weighted by atomic mass is 9.90. The van der Waals surface area contributed by atoms with E-state index in [0.29, 0.717) is 16.5 Å². The van der Waals surface area contributed by atoms with E-state index in [1.54, 1.807) is 6.07 Å². The number of methoxy groups -OCH3 is 1. The number of halogens is 1. The number of carboxylic acid groups (broad SMARTS) is 1. The molecule has 0 aliphatic heterocycles. The molecule has 1 saturated carbocycles. The molecule has 98 valence electrons. The van der Waals surface area contributed by atoms with Gasteiger partial charge in [-0.05, 0) is 24.8 Å². The number of aromatic hydroxyl groups is 1. The number of benzene rings is 1. The summed E-state index contributed by atoms with van der Waals surface area (Å²) in [4.78, 5) is 10.9. The van der Waals surface area contributed by atoms with Crippen LogP contribution in [0.25, 0.3) is 0 Å². The summed E-state index contributed by atoms with van der Waals surface area (Å²) in [6, 6.07) is 3.15. The number of aliphatic carboxylic acids is 1. The van der Waals surface area contributed by atoms with Crippen LogP contribution in [0.3, 0.4) is 0 Å². The second-order valence-corrected chi connectivity index (χ2v) is 5.02. The molecule has 18 heavy (non-hydrogen) atoms. The van der Waals surface area contributed by atoms with Crippen LogP contribution >= 0.6 is 11.6 Å². The first-order valence-electron chi connectivity index (χ1n) is 5.81. The van der Waals surface area contributed by atoms with E-state index < -0.39 is 5.97 Å². The van der Waals surface area contributed by atoms with Gasteiger partial charge in [0.15, 0.2) is 11.5 Å². The van der Waals surface area contributed by atoms with E-state index in [1.165, 1.54) is 13.2 Å². The molecule has 1 unspecified atom stereocenters. The Labute approximate surface area is 110 Å². The van der Waals surface area contributed by atoms with E-state index in [1.807, 2.05) is 0 Å². The summed E-state index contributed by atoms with van der Waals surface area (Å²) in [5, 5.41) is 19.5. The summed E-state index contributed by atoms with van der Waals surface area (Å²) in [5.74, 6) is -0.468. The van der Waals surface area contributed by atoms with Gasteiger partial charge in [0.25, 0.3) is 0 Å². The molecule has 4 nitrogen and oxygen atoms in total. The Bertz CT molecular complexity index is 468. The van der Waals surface area contributed by atoms with Gasteiger partial charge in [-0.15, -0.1) is 0 Å². The Hall–Kier alpha value is -1.42. The summed E-state index contributed by atoms with van der Waals surface area (Å²) < 4.78 is 5.04. The number of carboxylic acids is 1. The molecule has 0 heterocycles. The minimum absolute atomic E-state index is 0.0000463. The number of carbonyl (C=O) groups is 1. The lowest BCUT2D eigenvalue weighted by molar-refractivity contribution is -0.137. The number of rotatable bonds is 5. The fourth-order valence-corrected chi connectivity index (χ4v) is 2.47. The van der Waals surface area contributed by atoms with E-state index in [9.17, 15) is 9.90 Å². The topological polar surface area (TPSA) is 66.8 Å². The average molecular weight is 271 g/mol. The second kappa shape index (κ2) is 5.06. The van der Waals surface area contributed by atoms with E-state index >= 15 is 0 Å². The van der Waals surface area contributed by atoms with Gasteiger partial charge >= 0.3 is 5.97 Å². The Morgan fingerprint density at radius 3 is 2.72 bits per heavy atom. The van der Waals surface area contributed by atoms with Crippen LogP contribution in [0, 0.1) is 5.92 Å². The Morgan fingerprint density at radius 1 is 1.56 bits per heavy atom. The molecule has 2 rings (SSSR count). The maximum Gasteiger partial charge on any atom is 0.303 e. The third-order valence-corrected chi connectivity index (χ3v) is 3.49. The van der Waals surface area contributed by atoms with Gasteiger partial charge in [0, 0.05) is 22.6 Å². The molecule has 0 aromatic heterocycles. The fourth-order valence-electron chi connectivity index (χ4n) is 2.25. The van der Waals surface area contributed by atoms with Crippen LogP contribution in [0.5, 0.6) is 11.5 Å². The standard InChI is InChI=1S/C13H15ClO4/c1-18-11-5-8(14)4-10(13(11)17)9(6-12(15)16)7-2-3-7/h4-5,7,9,17H,2-3,6H2,1H3,(H,15,16). The van der Waals surface area contributed by atoms with Crippen LogP contribution in [0.4, 0.5) is 0 Å². The van der Waals surface area contributed by atoms with E-state index in [0.717, 1.165) is 12.8 Å². The van der Waals surface area contributed by atoms with Crippen molar-refractivity contribution in [3.05, 3.63) is 22.7 Å². The molecule has 1 aliphatic rings. The first-order chi connectivity index (χ1) is 8.52. The zero-order valence-electron chi connectivity index (χ0n) is 10.0. The van der Waals surface area contributed by atoms with Gasteiger partial charge in [-0.25, -0.2) is 0 Å². The van der Waals surface area contributed by atoms with Gasteiger partial charge in [-0.3, -0.25) is 4.79 Å². The number of phenolic OH excluding ortho intramolecular Hbond substituents is 1. The van der Waals surface area contributed by atoms with E-state index in [4.69, 9.17) is 21.4 Å². The third kappa shape index (κ3) is 2.70. The molecule has 0 spiro atoms. The van der Waals surface area contributed by atoms with Gasteiger partial charge < -0.3 is 14.9 Å². The summed E-state index contributed by atoms with van der Waals surface area (Å²) in [5.41, 5.74) is 0.573. The SMILES string of the molecule is COc1cc(Cl)cc(C(CC(=O)O)C2CC2)c1O. The molecule has 1 aliphatic carbocycles. The van der Waals surface area contributed by atoms with Crippen molar-refractivity contribution < 1.29 is 19.7 Å². The Kier molecular flexibility index (Phi) is 3.66. The predicted octanol–water partition coefficient (Wildman–Crippen LogP) is 3.02. The highest BCUT2D eigenvalue weighted by Crippen LogP contribution is 2.49. The van der Waals surface area contributed by atoms with Gasteiger partial charge in [0.2, 0.25) is 0 Å². The van der Waals surface area contributed by atoms with Crippen LogP contribution in [-0.2, 0) is 4.79 Å². The fraction of sp³-hybridized carbons (Fsp3) is 0.462. The minimum atomic E-state index is -0.870. The zero-order chi connectivity index (χ0) is 13.3. The minimum Gasteiger partial charge on any atom is -0.504 e. The number of hydrogen-bond donors (Lipinski definition) is 2. The summed E-state index contributed by atoms with van der Waals surface area (Å²) in [6.45, 7) is 0. The highest BCUT2D eigenvalue weighted by Gasteiger charge is 2.36.